The minimum absolute atomic E-state index is 0.0876. The highest BCUT2D eigenvalue weighted by molar-refractivity contribution is 9.09. The Morgan fingerprint density at radius 1 is 0.753 bits per heavy atom. The lowest BCUT2D eigenvalue weighted by Crippen LogP contribution is -2.58. The first kappa shape index (κ1) is 60.0. The Bertz CT molecular complexity index is 2490. The molecule has 0 bridgehead atoms. The third-order valence-electron chi connectivity index (χ3n) is 11.1. The summed E-state index contributed by atoms with van der Waals surface area (Å²) < 4.78 is 31.6. The number of nitrogens with one attached hydrogen (secondary N) is 6. The smallest absolute Gasteiger partial charge is 0.326 e. The molecule has 3 aromatic rings. The maximum absolute atomic E-state index is 15.3. The molecule has 2 aromatic carbocycles. The molecule has 0 aliphatic heterocycles. The van der Waals surface area contributed by atoms with Gasteiger partial charge in [-0.3, -0.25) is 43.2 Å². The average molecular weight is 1090 g/mol. The molecule has 8 amide bonds. The van der Waals surface area contributed by atoms with E-state index in [4.69, 9.17) is 10.8 Å². The molecule has 398 valence electrons. The predicted octanol–water partition coefficient (Wildman–Crippen LogP) is 0.970. The number of carbonyl (C=O) groups is 10. The Morgan fingerprint density at radius 3 is 1.97 bits per heavy atom. The van der Waals surface area contributed by atoms with E-state index >= 15 is 4.39 Å². The van der Waals surface area contributed by atoms with Crippen LogP contribution in [0.4, 0.5) is 8.78 Å². The van der Waals surface area contributed by atoms with E-state index in [1.807, 2.05) is 12.1 Å². The number of aliphatic hydroxyl groups is 1. The number of carboxylic acid groups (broad SMARTS) is 2. The minimum Gasteiger partial charge on any atom is -0.481 e. The fourth-order valence-electron chi connectivity index (χ4n) is 7.58. The van der Waals surface area contributed by atoms with Crippen LogP contribution in [-0.2, 0) is 54.5 Å². The van der Waals surface area contributed by atoms with E-state index in [-0.39, 0.29) is 23.0 Å². The van der Waals surface area contributed by atoms with Crippen LogP contribution in [0.2, 0.25) is 0 Å². The molecule has 6 atom stereocenters. The summed E-state index contributed by atoms with van der Waals surface area (Å²) in [6, 6.07) is 5.07. The summed E-state index contributed by atoms with van der Waals surface area (Å²) in [6.45, 7) is 6.12. The second-order valence-electron chi connectivity index (χ2n) is 18.1. The number of alkyl halides is 1. The number of halogens is 3. The highest BCUT2D eigenvalue weighted by Crippen LogP contribution is 2.41. The third-order valence-corrected chi connectivity index (χ3v) is 11.6. The average Bonchev–Trinajstić information content (AvgIpc) is 3.72. The first-order valence-electron chi connectivity index (χ1n) is 22.9. The summed E-state index contributed by atoms with van der Waals surface area (Å²) in [5.41, 5.74) is 5.85. The van der Waals surface area contributed by atoms with Crippen molar-refractivity contribution in [3.05, 3.63) is 83.7 Å². The van der Waals surface area contributed by atoms with Crippen molar-refractivity contribution in [1.82, 2.24) is 41.4 Å². The number of carboxylic acids is 2. The largest absolute Gasteiger partial charge is 0.481 e. The maximum Gasteiger partial charge on any atom is 0.326 e. The molecule has 25 heteroatoms. The second kappa shape index (κ2) is 28.1. The normalized spacial score (nSPS) is 13.7. The van der Waals surface area contributed by atoms with Crippen molar-refractivity contribution < 1.29 is 72.0 Å². The fraction of sp³-hybridized carbons (Fsp3) is 0.458. The fourth-order valence-corrected chi connectivity index (χ4v) is 7.74. The van der Waals surface area contributed by atoms with Crippen molar-refractivity contribution >= 4 is 75.1 Å². The van der Waals surface area contributed by atoms with Crippen molar-refractivity contribution in [1.29, 1.82) is 0 Å². The molecule has 73 heavy (non-hydrogen) atoms. The van der Waals surface area contributed by atoms with Gasteiger partial charge in [-0.25, -0.2) is 13.6 Å². The van der Waals surface area contributed by atoms with Gasteiger partial charge in [-0.2, -0.15) is 0 Å². The minimum atomic E-state index is -1.78. The van der Waals surface area contributed by atoms with Crippen molar-refractivity contribution in [3.63, 3.8) is 0 Å². The van der Waals surface area contributed by atoms with Crippen LogP contribution in [-0.4, -0.2) is 139 Å². The van der Waals surface area contributed by atoms with E-state index < -0.39 is 164 Å². The van der Waals surface area contributed by atoms with Gasteiger partial charge in [0.05, 0.1) is 17.8 Å². The van der Waals surface area contributed by atoms with Gasteiger partial charge in [0.15, 0.2) is 0 Å². The van der Waals surface area contributed by atoms with Crippen LogP contribution in [0.1, 0.15) is 84.0 Å². The molecule has 0 saturated carbocycles. The lowest BCUT2D eigenvalue weighted by molar-refractivity contribution is -0.143. The SMILES string of the molecule is C[C@H](NC(=O)CBr)C(=O)N[C@H](C)C(=O)N[C@@H](CC(N)=O)C(=O)N[C@@H](CCN(C(=O)CO)[C@@H](c1cc(-c2cc(F)ccc2F)cn1Cc1ccccc1)C(C)(C)C)C(=O)NCCC(=O)N[C@H](CCC(=O)O)C(=O)O. The molecule has 0 unspecified atom stereocenters. The Morgan fingerprint density at radius 2 is 1.38 bits per heavy atom. The third kappa shape index (κ3) is 19.0. The van der Waals surface area contributed by atoms with E-state index in [1.54, 1.807) is 55.8 Å². The summed E-state index contributed by atoms with van der Waals surface area (Å²) in [6.07, 6.45) is -1.28. The van der Waals surface area contributed by atoms with Crippen molar-refractivity contribution in [2.24, 2.45) is 11.1 Å². The van der Waals surface area contributed by atoms with Crippen molar-refractivity contribution in [2.45, 2.75) is 110 Å². The second-order valence-corrected chi connectivity index (χ2v) is 18.6. The highest BCUT2D eigenvalue weighted by atomic mass is 79.9. The summed E-state index contributed by atoms with van der Waals surface area (Å²) in [5, 5.41) is 42.9. The Labute approximate surface area is 427 Å². The van der Waals surface area contributed by atoms with E-state index in [0.29, 0.717) is 5.69 Å². The van der Waals surface area contributed by atoms with Gasteiger partial charge in [0.25, 0.3) is 0 Å². The quantitative estimate of drug-likeness (QED) is 0.0454. The number of nitrogens with two attached hydrogens (primary N) is 1. The number of carbonyl (C=O) groups excluding carboxylic acids is 8. The summed E-state index contributed by atoms with van der Waals surface area (Å²) in [7, 11) is 0. The molecular formula is C48H62BrF2N9O13. The number of amides is 8. The van der Waals surface area contributed by atoms with Crippen LogP contribution >= 0.6 is 15.9 Å². The number of aromatic nitrogens is 1. The standard InChI is InChI=1S/C48H62BrF2N9O13/c1-26(54-39(64)22-49)43(68)55-27(2)44(69)58-35(21-37(52)62)46(71)57-33(45(70)53-17-15-38(63)56-34(47(72)73)13-14-41(66)67)16-18-60(40(65)25-61)42(48(3,4)5)36-19-29(31-20-30(50)11-12-32(31)51)24-59(36)23-28-9-7-6-8-10-28/h6-12,19-20,24,26-27,33-35,42,61H,13-18,21-23,25H2,1-5H3,(H2,52,62)(H,53,70)(H,54,64)(H,55,68)(H,56,63)(H,57,71)(H,58,69)(H,66,67)(H,72,73)/t26-,27+,33-,34+,35-,42-/m0/s1. The highest BCUT2D eigenvalue weighted by Gasteiger charge is 2.39. The zero-order valence-corrected chi connectivity index (χ0v) is 42.4. The van der Waals surface area contributed by atoms with Crippen LogP contribution in [0.15, 0.2) is 60.8 Å². The Kier molecular flexibility index (Phi) is 23.1. The van der Waals surface area contributed by atoms with Gasteiger partial charge in [0.2, 0.25) is 47.3 Å². The molecule has 0 radical (unpaired) electrons. The number of aliphatic hydroxyl groups excluding tert-OH is 1. The van der Waals surface area contributed by atoms with Gasteiger partial charge in [0, 0.05) is 55.5 Å². The van der Waals surface area contributed by atoms with Crippen LogP contribution in [0.3, 0.4) is 0 Å². The molecule has 1 heterocycles. The van der Waals surface area contributed by atoms with Gasteiger partial charge < -0.3 is 62.4 Å². The van der Waals surface area contributed by atoms with Crippen molar-refractivity contribution in [3.8, 4) is 11.1 Å². The molecule has 0 aliphatic rings. The van der Waals surface area contributed by atoms with Gasteiger partial charge in [-0.05, 0) is 61.9 Å². The van der Waals surface area contributed by atoms with Gasteiger partial charge in [-0.15, -0.1) is 0 Å². The summed E-state index contributed by atoms with van der Waals surface area (Å²) >= 11 is 2.96. The molecule has 0 fully saturated rings. The lowest BCUT2D eigenvalue weighted by Gasteiger charge is -2.41. The molecule has 22 nitrogen and oxygen atoms in total. The summed E-state index contributed by atoms with van der Waals surface area (Å²) in [5.74, 6) is -11.6. The first-order valence-corrected chi connectivity index (χ1v) is 24.0. The molecular weight excluding hydrogens is 1030 g/mol. The molecule has 11 N–H and O–H groups in total. The number of hydrogen-bond donors (Lipinski definition) is 10. The number of aliphatic carboxylic acids is 2. The molecule has 0 spiro atoms. The van der Waals surface area contributed by atoms with Crippen LogP contribution in [0, 0.1) is 17.0 Å². The zero-order chi connectivity index (χ0) is 54.7. The molecule has 0 saturated heterocycles. The molecule has 0 aliphatic carbocycles. The van der Waals surface area contributed by atoms with Crippen LogP contribution < -0.4 is 37.6 Å². The Hall–Kier alpha value is -7.28. The van der Waals surface area contributed by atoms with E-state index in [2.05, 4.69) is 47.8 Å². The topological polar surface area (TPSA) is 338 Å². The number of hydrogen-bond acceptors (Lipinski definition) is 11. The van der Waals surface area contributed by atoms with Crippen molar-refractivity contribution in [2.75, 3.05) is 25.0 Å². The van der Waals surface area contributed by atoms with Gasteiger partial charge in [-0.1, -0.05) is 67.0 Å². The number of rotatable bonds is 28. The number of nitrogens with zero attached hydrogens (tertiary/aromatic N) is 2. The summed E-state index contributed by atoms with van der Waals surface area (Å²) in [4.78, 5) is 129. The first-order chi connectivity index (χ1) is 34.2. The molecule has 1 aromatic heterocycles. The predicted molar refractivity (Wildman–Crippen MR) is 262 cm³/mol. The number of primary amides is 1. The lowest BCUT2D eigenvalue weighted by atomic mass is 9.82. The Balaban J connectivity index is 2.06. The zero-order valence-electron chi connectivity index (χ0n) is 40.8. The van der Waals surface area contributed by atoms with Crippen LogP contribution in [0.5, 0.6) is 0 Å². The monoisotopic (exact) mass is 1090 g/mol. The van der Waals surface area contributed by atoms with Gasteiger partial charge >= 0.3 is 11.9 Å². The van der Waals surface area contributed by atoms with Gasteiger partial charge in [0.1, 0.15) is 48.5 Å². The maximum atomic E-state index is 15.3. The van der Waals surface area contributed by atoms with E-state index in [9.17, 15) is 62.5 Å². The van der Waals surface area contributed by atoms with E-state index in [0.717, 1.165) is 23.8 Å². The van der Waals surface area contributed by atoms with Crippen LogP contribution in [0.25, 0.3) is 11.1 Å². The molecule has 3 rings (SSSR count). The number of benzene rings is 2. The van der Waals surface area contributed by atoms with E-state index in [1.165, 1.54) is 18.7 Å².